The van der Waals surface area contributed by atoms with E-state index >= 15 is 0 Å². The van der Waals surface area contributed by atoms with Crippen LogP contribution >= 0.6 is 28.1 Å². The van der Waals surface area contributed by atoms with Crippen LogP contribution in [-0.2, 0) is 6.61 Å². The van der Waals surface area contributed by atoms with Gasteiger partial charge in [-0.15, -0.1) is 0 Å². The fourth-order valence-corrected chi connectivity index (χ4v) is 1.90. The third kappa shape index (κ3) is 3.71. The number of hydrogen-bond donors (Lipinski definition) is 1. The molecule has 0 saturated heterocycles. The third-order valence-electron chi connectivity index (χ3n) is 2.37. The summed E-state index contributed by atoms with van der Waals surface area (Å²) in [6.07, 6.45) is 1.62. The molecular formula is C13H10BrFN2OS. The van der Waals surface area contributed by atoms with Gasteiger partial charge in [0.2, 0.25) is 0 Å². The van der Waals surface area contributed by atoms with Crippen molar-refractivity contribution in [1.82, 2.24) is 4.98 Å². The highest BCUT2D eigenvalue weighted by Gasteiger charge is 2.03. The van der Waals surface area contributed by atoms with Gasteiger partial charge in [-0.25, -0.2) is 4.39 Å². The summed E-state index contributed by atoms with van der Waals surface area (Å²) in [6.45, 7) is 0.330. The highest BCUT2D eigenvalue weighted by Crippen LogP contribution is 2.22. The fourth-order valence-electron chi connectivity index (χ4n) is 1.43. The SMILES string of the molecule is NC(=S)c1cc(COc2ccc(F)c(Br)c2)ccn1. The molecule has 0 bridgehead atoms. The van der Waals surface area contributed by atoms with Gasteiger partial charge in [-0.05, 0) is 51.8 Å². The van der Waals surface area contributed by atoms with Gasteiger partial charge in [0.1, 0.15) is 23.2 Å². The molecule has 1 aromatic carbocycles. The molecule has 0 spiro atoms. The molecule has 0 saturated carbocycles. The maximum atomic E-state index is 13.1. The minimum Gasteiger partial charge on any atom is -0.489 e. The molecule has 2 aromatic rings. The smallest absolute Gasteiger partial charge is 0.137 e. The van der Waals surface area contributed by atoms with Gasteiger partial charge in [-0.3, -0.25) is 4.98 Å². The first-order valence-electron chi connectivity index (χ1n) is 5.39. The number of nitrogens with two attached hydrogens (primary N) is 1. The molecule has 0 aliphatic carbocycles. The molecule has 3 nitrogen and oxygen atoms in total. The van der Waals surface area contributed by atoms with Crippen molar-refractivity contribution in [3.63, 3.8) is 0 Å². The van der Waals surface area contributed by atoms with Crippen LogP contribution in [0.5, 0.6) is 5.75 Å². The Labute approximate surface area is 123 Å². The zero-order valence-corrected chi connectivity index (χ0v) is 12.2. The molecule has 2 N–H and O–H groups in total. The van der Waals surface area contributed by atoms with Crippen LogP contribution in [0.25, 0.3) is 0 Å². The molecule has 0 amide bonds. The van der Waals surface area contributed by atoms with Crippen LogP contribution in [0.1, 0.15) is 11.3 Å². The minimum absolute atomic E-state index is 0.242. The lowest BCUT2D eigenvalue weighted by molar-refractivity contribution is 0.305. The maximum Gasteiger partial charge on any atom is 0.137 e. The van der Waals surface area contributed by atoms with Crippen LogP contribution < -0.4 is 10.5 Å². The lowest BCUT2D eigenvalue weighted by atomic mass is 10.2. The molecule has 98 valence electrons. The third-order valence-corrected chi connectivity index (χ3v) is 3.19. The minimum atomic E-state index is -0.327. The molecule has 0 fully saturated rings. The molecule has 6 heteroatoms. The largest absolute Gasteiger partial charge is 0.489 e. The van der Waals surface area contributed by atoms with E-state index in [1.54, 1.807) is 30.5 Å². The first kappa shape index (κ1) is 13.9. The topological polar surface area (TPSA) is 48.1 Å². The zero-order valence-electron chi connectivity index (χ0n) is 9.77. The summed E-state index contributed by atoms with van der Waals surface area (Å²) in [6, 6.07) is 8.05. The first-order chi connectivity index (χ1) is 9.06. The Bertz CT molecular complexity index is 621. The fraction of sp³-hybridized carbons (Fsp3) is 0.0769. The molecule has 0 aliphatic heterocycles. The van der Waals surface area contributed by atoms with Crippen molar-refractivity contribution in [2.24, 2.45) is 5.73 Å². The lowest BCUT2D eigenvalue weighted by Gasteiger charge is -2.07. The Morgan fingerprint density at radius 1 is 1.37 bits per heavy atom. The predicted octanol–water partition coefficient (Wildman–Crippen LogP) is 3.20. The summed E-state index contributed by atoms with van der Waals surface area (Å²) in [5.74, 6) is 0.244. The summed E-state index contributed by atoms with van der Waals surface area (Å²) >= 11 is 7.96. The van der Waals surface area contributed by atoms with Crippen LogP contribution in [0.2, 0.25) is 0 Å². The van der Waals surface area contributed by atoms with E-state index in [2.05, 4.69) is 20.9 Å². The van der Waals surface area contributed by atoms with Gasteiger partial charge in [0.15, 0.2) is 0 Å². The number of rotatable bonds is 4. The first-order valence-corrected chi connectivity index (χ1v) is 6.59. The Morgan fingerprint density at radius 2 is 2.16 bits per heavy atom. The Hall–Kier alpha value is -1.53. The van der Waals surface area contributed by atoms with Gasteiger partial charge in [0.05, 0.1) is 10.2 Å². The van der Waals surface area contributed by atoms with Crippen LogP contribution in [0.15, 0.2) is 41.0 Å². The van der Waals surface area contributed by atoms with Crippen molar-refractivity contribution in [1.29, 1.82) is 0 Å². The van der Waals surface area contributed by atoms with Crippen molar-refractivity contribution in [2.45, 2.75) is 6.61 Å². The number of halogens is 2. The average Bonchev–Trinajstić information content (AvgIpc) is 2.40. The van der Waals surface area contributed by atoms with E-state index in [1.165, 1.54) is 6.07 Å². The summed E-state index contributed by atoms with van der Waals surface area (Å²) < 4.78 is 19.0. The standard InChI is InChI=1S/C13H10BrFN2OS/c14-10-6-9(1-2-11(10)15)18-7-8-3-4-17-12(5-8)13(16)19/h1-6H,7H2,(H2,16,19). The molecule has 2 rings (SSSR count). The van der Waals surface area contributed by atoms with Crippen molar-refractivity contribution < 1.29 is 9.13 Å². The molecule has 0 unspecified atom stereocenters. The second kappa shape index (κ2) is 6.08. The Kier molecular flexibility index (Phi) is 4.44. The maximum absolute atomic E-state index is 13.1. The Morgan fingerprint density at radius 3 is 2.84 bits per heavy atom. The normalized spacial score (nSPS) is 10.2. The van der Waals surface area contributed by atoms with E-state index in [4.69, 9.17) is 22.7 Å². The highest BCUT2D eigenvalue weighted by molar-refractivity contribution is 9.10. The second-order valence-corrected chi connectivity index (χ2v) is 5.07. The monoisotopic (exact) mass is 340 g/mol. The quantitative estimate of drug-likeness (QED) is 0.868. The predicted molar refractivity (Wildman–Crippen MR) is 78.6 cm³/mol. The molecule has 0 aliphatic rings. The van der Waals surface area contributed by atoms with Crippen LogP contribution in [0.4, 0.5) is 4.39 Å². The molecule has 0 atom stereocenters. The van der Waals surface area contributed by atoms with Crippen molar-refractivity contribution >= 4 is 33.1 Å². The van der Waals surface area contributed by atoms with E-state index in [0.29, 0.717) is 22.5 Å². The van der Waals surface area contributed by atoms with Gasteiger partial charge in [-0.2, -0.15) is 0 Å². The second-order valence-electron chi connectivity index (χ2n) is 3.78. The Balaban J connectivity index is 2.07. The highest BCUT2D eigenvalue weighted by atomic mass is 79.9. The van der Waals surface area contributed by atoms with Crippen LogP contribution in [-0.4, -0.2) is 9.97 Å². The van der Waals surface area contributed by atoms with Gasteiger partial charge >= 0.3 is 0 Å². The van der Waals surface area contributed by atoms with Crippen LogP contribution in [0.3, 0.4) is 0 Å². The molecular weight excluding hydrogens is 331 g/mol. The van der Waals surface area contributed by atoms with Crippen molar-refractivity contribution in [2.75, 3.05) is 0 Å². The number of aromatic nitrogens is 1. The van der Waals surface area contributed by atoms with Gasteiger partial charge in [-0.1, -0.05) is 12.2 Å². The molecule has 0 radical (unpaired) electrons. The average molecular weight is 341 g/mol. The number of pyridine rings is 1. The number of benzene rings is 1. The number of hydrogen-bond acceptors (Lipinski definition) is 3. The van der Waals surface area contributed by atoms with Crippen molar-refractivity contribution in [3.8, 4) is 5.75 Å². The molecule has 1 heterocycles. The van der Waals surface area contributed by atoms with Gasteiger partial charge < -0.3 is 10.5 Å². The summed E-state index contributed by atoms with van der Waals surface area (Å²) in [5.41, 5.74) is 6.95. The summed E-state index contributed by atoms with van der Waals surface area (Å²) in [7, 11) is 0. The van der Waals surface area contributed by atoms with E-state index in [0.717, 1.165) is 5.56 Å². The van der Waals surface area contributed by atoms with E-state index in [-0.39, 0.29) is 10.8 Å². The molecule has 19 heavy (non-hydrogen) atoms. The zero-order chi connectivity index (χ0) is 13.8. The van der Waals surface area contributed by atoms with E-state index in [1.807, 2.05) is 0 Å². The lowest BCUT2D eigenvalue weighted by Crippen LogP contribution is -2.12. The summed E-state index contributed by atoms with van der Waals surface area (Å²) in [4.78, 5) is 4.28. The van der Waals surface area contributed by atoms with Gasteiger partial charge in [0.25, 0.3) is 0 Å². The number of ether oxygens (including phenoxy) is 1. The number of nitrogens with zero attached hydrogens (tertiary/aromatic N) is 1. The van der Waals surface area contributed by atoms with E-state index in [9.17, 15) is 4.39 Å². The van der Waals surface area contributed by atoms with Gasteiger partial charge in [0, 0.05) is 6.20 Å². The summed E-state index contributed by atoms with van der Waals surface area (Å²) in [5, 5.41) is 0. The van der Waals surface area contributed by atoms with E-state index < -0.39 is 0 Å². The van der Waals surface area contributed by atoms with Crippen molar-refractivity contribution in [3.05, 3.63) is 58.1 Å². The molecule has 1 aromatic heterocycles. The van der Waals surface area contributed by atoms with Crippen LogP contribution in [0, 0.1) is 5.82 Å². The number of thiocarbonyl (C=S) groups is 1.